The monoisotopic (exact) mass is 336 g/mol. The molecule has 1 fully saturated rings. The molecule has 25 heavy (non-hydrogen) atoms. The number of piperidine rings is 1. The molecule has 0 amide bonds. The van der Waals surface area contributed by atoms with Crippen LogP contribution in [0.3, 0.4) is 0 Å². The van der Waals surface area contributed by atoms with Gasteiger partial charge < -0.3 is 5.32 Å². The molecule has 0 spiro atoms. The zero-order chi connectivity index (χ0) is 17.2. The molecule has 1 saturated heterocycles. The van der Waals surface area contributed by atoms with E-state index >= 15 is 0 Å². The van der Waals surface area contributed by atoms with Gasteiger partial charge in [-0.3, -0.25) is 4.90 Å². The number of likely N-dealkylation sites (tertiary alicyclic amines) is 1. The minimum absolute atomic E-state index is 0.448. The lowest BCUT2D eigenvalue weighted by molar-refractivity contribution is 0.144. The van der Waals surface area contributed by atoms with Crippen LogP contribution < -0.4 is 5.32 Å². The van der Waals surface area contributed by atoms with Crippen molar-refractivity contribution >= 4 is 11.5 Å². The van der Waals surface area contributed by atoms with Gasteiger partial charge >= 0.3 is 0 Å². The summed E-state index contributed by atoms with van der Waals surface area (Å²) in [5.41, 5.74) is 2.17. The van der Waals surface area contributed by atoms with Gasteiger partial charge in [0.25, 0.3) is 0 Å². The van der Waals surface area contributed by atoms with Crippen LogP contribution in [0.2, 0.25) is 0 Å². The van der Waals surface area contributed by atoms with Gasteiger partial charge in [-0.2, -0.15) is 4.52 Å². The van der Waals surface area contributed by atoms with Crippen molar-refractivity contribution in [1.82, 2.24) is 24.7 Å². The first-order valence-corrected chi connectivity index (χ1v) is 8.92. The molecule has 1 N–H and O–H groups in total. The molecule has 3 aromatic rings. The molecule has 6 heteroatoms. The van der Waals surface area contributed by atoms with E-state index in [9.17, 15) is 0 Å². The molecule has 3 heterocycles. The Morgan fingerprint density at radius 2 is 1.96 bits per heavy atom. The van der Waals surface area contributed by atoms with Crippen molar-refractivity contribution in [3.63, 3.8) is 0 Å². The predicted octanol–water partition coefficient (Wildman–Crippen LogP) is 2.90. The van der Waals surface area contributed by atoms with Gasteiger partial charge in [-0.25, -0.2) is 0 Å². The van der Waals surface area contributed by atoms with Crippen LogP contribution in [0.5, 0.6) is 0 Å². The summed E-state index contributed by atoms with van der Waals surface area (Å²) < 4.78 is 1.79. The van der Waals surface area contributed by atoms with Crippen LogP contribution in [0.25, 0.3) is 5.65 Å². The Balaban J connectivity index is 1.39. The van der Waals surface area contributed by atoms with Gasteiger partial charge in [0.15, 0.2) is 11.5 Å². The van der Waals surface area contributed by atoms with Gasteiger partial charge in [0.05, 0.1) is 0 Å². The van der Waals surface area contributed by atoms with Crippen molar-refractivity contribution in [1.29, 1.82) is 0 Å². The third-order valence-corrected chi connectivity index (χ3v) is 5.01. The molecule has 0 saturated carbocycles. The third kappa shape index (κ3) is 3.49. The van der Waals surface area contributed by atoms with Crippen molar-refractivity contribution in [3.8, 4) is 0 Å². The first-order valence-electron chi connectivity index (χ1n) is 8.92. The fourth-order valence-corrected chi connectivity index (χ4v) is 3.59. The topological polar surface area (TPSA) is 58.4 Å². The first-order chi connectivity index (χ1) is 12.2. The molecule has 4 rings (SSSR count). The minimum atomic E-state index is 0.448. The first kappa shape index (κ1) is 16.0. The van der Waals surface area contributed by atoms with Gasteiger partial charge in [-0.05, 0) is 44.4 Å². The van der Waals surface area contributed by atoms with Crippen LogP contribution in [0.4, 0.5) is 5.82 Å². The molecule has 0 radical (unpaired) electrons. The van der Waals surface area contributed by atoms with Crippen LogP contribution in [-0.4, -0.2) is 43.3 Å². The molecule has 1 aliphatic rings. The van der Waals surface area contributed by atoms with E-state index in [0.717, 1.165) is 43.2 Å². The highest BCUT2D eigenvalue weighted by molar-refractivity contribution is 5.44. The van der Waals surface area contributed by atoms with Gasteiger partial charge in [0.2, 0.25) is 0 Å². The lowest BCUT2D eigenvalue weighted by Crippen LogP contribution is -2.44. The van der Waals surface area contributed by atoms with Crippen molar-refractivity contribution in [3.05, 3.63) is 53.9 Å². The molecular formula is C19H24N6. The Hall–Kier alpha value is -2.47. The fraction of sp³-hybridized carbons (Fsp3) is 0.421. The standard InChI is InChI=1S/C19H24N6/c1-14-12-17(10-11-24(14)13-16-6-4-3-5-7-16)20-18-8-9-19-22-21-15(2)25(19)23-18/h3-9,14,17H,10-13H2,1-2H3,(H,20,23)/t14-,17+/m0/s1. The smallest absolute Gasteiger partial charge is 0.178 e. The molecule has 1 aliphatic heterocycles. The molecule has 0 unspecified atom stereocenters. The second-order valence-corrected chi connectivity index (χ2v) is 6.91. The average Bonchev–Trinajstić information content (AvgIpc) is 2.99. The number of benzene rings is 1. The summed E-state index contributed by atoms with van der Waals surface area (Å²) in [6, 6.07) is 15.7. The molecule has 1 aromatic carbocycles. The summed E-state index contributed by atoms with van der Waals surface area (Å²) in [6.07, 6.45) is 2.24. The highest BCUT2D eigenvalue weighted by Gasteiger charge is 2.25. The van der Waals surface area contributed by atoms with Crippen molar-refractivity contribution in [2.24, 2.45) is 0 Å². The quantitative estimate of drug-likeness (QED) is 0.794. The number of nitrogens with zero attached hydrogens (tertiary/aromatic N) is 5. The van der Waals surface area contributed by atoms with E-state index in [1.807, 2.05) is 19.1 Å². The Bertz CT molecular complexity index is 844. The summed E-state index contributed by atoms with van der Waals surface area (Å²) in [7, 11) is 0. The van der Waals surface area contributed by atoms with Crippen LogP contribution in [0.1, 0.15) is 31.2 Å². The fourth-order valence-electron chi connectivity index (χ4n) is 3.59. The normalized spacial score (nSPS) is 21.5. The number of rotatable bonds is 4. The Morgan fingerprint density at radius 1 is 1.12 bits per heavy atom. The number of nitrogens with one attached hydrogen (secondary N) is 1. The maximum atomic E-state index is 4.61. The van der Waals surface area contributed by atoms with E-state index in [1.165, 1.54) is 5.56 Å². The molecule has 2 atom stereocenters. The SMILES string of the molecule is Cc1nnc2ccc(N[C@@H]3CCN(Cc4ccccc4)[C@@H](C)C3)nn12. The molecule has 0 bridgehead atoms. The largest absolute Gasteiger partial charge is 0.366 e. The summed E-state index contributed by atoms with van der Waals surface area (Å²) >= 11 is 0. The highest BCUT2D eigenvalue weighted by Crippen LogP contribution is 2.22. The second kappa shape index (κ2) is 6.80. The van der Waals surface area contributed by atoms with E-state index in [2.05, 4.69) is 62.8 Å². The van der Waals surface area contributed by atoms with Crippen LogP contribution in [-0.2, 0) is 6.54 Å². The summed E-state index contributed by atoms with van der Waals surface area (Å²) in [6.45, 7) is 6.36. The van der Waals surface area contributed by atoms with Gasteiger partial charge in [-0.1, -0.05) is 30.3 Å². The number of aromatic nitrogens is 4. The van der Waals surface area contributed by atoms with Crippen LogP contribution in [0.15, 0.2) is 42.5 Å². The summed E-state index contributed by atoms with van der Waals surface area (Å²) in [5.74, 6) is 1.70. The Morgan fingerprint density at radius 3 is 2.76 bits per heavy atom. The van der Waals surface area contributed by atoms with Crippen molar-refractivity contribution in [2.45, 2.75) is 45.3 Å². The third-order valence-electron chi connectivity index (χ3n) is 5.01. The zero-order valence-electron chi connectivity index (χ0n) is 14.8. The van der Waals surface area contributed by atoms with Crippen LogP contribution >= 0.6 is 0 Å². The lowest BCUT2D eigenvalue weighted by Gasteiger charge is -2.38. The van der Waals surface area contributed by atoms with Gasteiger partial charge in [0.1, 0.15) is 5.82 Å². The predicted molar refractivity (Wildman–Crippen MR) is 98.5 cm³/mol. The maximum absolute atomic E-state index is 4.61. The molecule has 0 aliphatic carbocycles. The molecule has 130 valence electrons. The lowest BCUT2D eigenvalue weighted by atomic mass is 9.97. The molecular weight excluding hydrogens is 312 g/mol. The average molecular weight is 336 g/mol. The molecule has 6 nitrogen and oxygen atoms in total. The second-order valence-electron chi connectivity index (χ2n) is 6.91. The number of aryl methyl sites for hydroxylation is 1. The number of anilines is 1. The molecule has 2 aromatic heterocycles. The summed E-state index contributed by atoms with van der Waals surface area (Å²) in [5, 5.41) is 16.3. The van der Waals surface area contributed by atoms with Crippen molar-refractivity contribution in [2.75, 3.05) is 11.9 Å². The summed E-state index contributed by atoms with van der Waals surface area (Å²) in [4.78, 5) is 2.56. The van der Waals surface area contributed by atoms with Crippen molar-refractivity contribution < 1.29 is 0 Å². The Labute approximate surface area is 147 Å². The number of hydrogen-bond acceptors (Lipinski definition) is 5. The van der Waals surface area contributed by atoms with E-state index < -0.39 is 0 Å². The Kier molecular flexibility index (Phi) is 4.36. The van der Waals surface area contributed by atoms with Crippen LogP contribution in [0, 0.1) is 6.92 Å². The van der Waals surface area contributed by atoms with Gasteiger partial charge in [0, 0.05) is 25.2 Å². The van der Waals surface area contributed by atoms with E-state index in [-0.39, 0.29) is 0 Å². The van der Waals surface area contributed by atoms with E-state index in [1.54, 1.807) is 4.52 Å². The minimum Gasteiger partial charge on any atom is -0.366 e. The highest BCUT2D eigenvalue weighted by atomic mass is 15.4. The number of hydrogen-bond donors (Lipinski definition) is 1. The zero-order valence-corrected chi connectivity index (χ0v) is 14.8. The van der Waals surface area contributed by atoms with Gasteiger partial charge in [-0.15, -0.1) is 15.3 Å². The maximum Gasteiger partial charge on any atom is 0.178 e. The van der Waals surface area contributed by atoms with E-state index in [4.69, 9.17) is 0 Å². The number of fused-ring (bicyclic) bond motifs is 1. The van der Waals surface area contributed by atoms with E-state index in [0.29, 0.717) is 12.1 Å².